The SMILES string of the molecule is COc1cccc(-c2c[nH]c3ncnc(NC(C)c4nn5ccc(C)c5c(=O)n4-c4ccccc4)c23)c1O. The number of phenolic OH excluding ortho intramolecular Hbond substituents is 1. The van der Waals surface area contributed by atoms with E-state index >= 15 is 0 Å². The van der Waals surface area contributed by atoms with Gasteiger partial charge in [-0.25, -0.2) is 14.5 Å². The Hall–Kier alpha value is -5.12. The average Bonchev–Trinajstić information content (AvgIpc) is 3.53. The third-order valence-corrected chi connectivity index (χ3v) is 6.65. The van der Waals surface area contributed by atoms with E-state index in [1.165, 1.54) is 13.4 Å². The first-order valence-corrected chi connectivity index (χ1v) is 12.1. The molecule has 0 aliphatic carbocycles. The fraction of sp³-hybridized carbons (Fsp3) is 0.143. The summed E-state index contributed by atoms with van der Waals surface area (Å²) in [7, 11) is 1.51. The van der Waals surface area contributed by atoms with Crippen molar-refractivity contribution in [2.45, 2.75) is 19.9 Å². The summed E-state index contributed by atoms with van der Waals surface area (Å²) < 4.78 is 8.55. The van der Waals surface area contributed by atoms with Crippen LogP contribution in [-0.4, -0.2) is 41.3 Å². The molecule has 0 bridgehead atoms. The summed E-state index contributed by atoms with van der Waals surface area (Å²) in [6.07, 6.45) is 5.02. The van der Waals surface area contributed by atoms with Crippen molar-refractivity contribution in [2.24, 2.45) is 0 Å². The zero-order valence-corrected chi connectivity index (χ0v) is 21.0. The molecule has 0 fully saturated rings. The first-order chi connectivity index (χ1) is 18.5. The summed E-state index contributed by atoms with van der Waals surface area (Å²) in [5, 5.41) is 19.8. The zero-order valence-electron chi connectivity index (χ0n) is 21.0. The average molecular weight is 508 g/mol. The number of para-hydroxylation sites is 2. The number of aromatic amines is 1. The number of benzene rings is 2. The van der Waals surface area contributed by atoms with E-state index in [0.717, 1.165) is 5.56 Å². The van der Waals surface area contributed by atoms with Crippen LogP contribution >= 0.6 is 0 Å². The van der Waals surface area contributed by atoms with Crippen LogP contribution in [0.25, 0.3) is 33.4 Å². The van der Waals surface area contributed by atoms with E-state index in [1.54, 1.807) is 33.6 Å². The van der Waals surface area contributed by atoms with Crippen molar-refractivity contribution in [1.29, 1.82) is 0 Å². The minimum absolute atomic E-state index is 0.0202. The molecule has 10 heteroatoms. The Morgan fingerprint density at radius 3 is 2.66 bits per heavy atom. The first-order valence-electron chi connectivity index (χ1n) is 12.1. The predicted molar refractivity (Wildman–Crippen MR) is 145 cm³/mol. The molecular formula is C28H25N7O3. The van der Waals surface area contributed by atoms with Crippen LogP contribution in [-0.2, 0) is 0 Å². The third kappa shape index (κ3) is 3.65. The second-order valence-electron chi connectivity index (χ2n) is 9.00. The number of rotatable bonds is 6. The molecule has 1 atom stereocenters. The Kier molecular flexibility index (Phi) is 5.56. The van der Waals surface area contributed by atoms with E-state index in [2.05, 4.69) is 20.3 Å². The van der Waals surface area contributed by atoms with Gasteiger partial charge in [0.2, 0.25) is 0 Å². The fourth-order valence-electron chi connectivity index (χ4n) is 4.80. The highest BCUT2D eigenvalue weighted by atomic mass is 16.5. The molecule has 190 valence electrons. The van der Waals surface area contributed by atoms with Crippen LogP contribution in [0.2, 0.25) is 0 Å². The van der Waals surface area contributed by atoms with Crippen LogP contribution in [0.1, 0.15) is 24.4 Å². The maximum atomic E-state index is 13.7. The summed E-state index contributed by atoms with van der Waals surface area (Å²) in [5.74, 6) is 1.42. The number of nitrogens with zero attached hydrogens (tertiary/aromatic N) is 5. The Morgan fingerprint density at radius 2 is 1.87 bits per heavy atom. The van der Waals surface area contributed by atoms with Gasteiger partial charge in [0.05, 0.1) is 24.2 Å². The number of aryl methyl sites for hydroxylation is 1. The first kappa shape index (κ1) is 23.3. The minimum Gasteiger partial charge on any atom is -0.504 e. The largest absolute Gasteiger partial charge is 0.504 e. The van der Waals surface area contributed by atoms with Gasteiger partial charge in [0.25, 0.3) is 5.56 Å². The van der Waals surface area contributed by atoms with Gasteiger partial charge in [0, 0.05) is 23.5 Å². The van der Waals surface area contributed by atoms with Gasteiger partial charge >= 0.3 is 0 Å². The molecule has 0 aliphatic heterocycles. The molecule has 0 amide bonds. The molecule has 0 saturated carbocycles. The van der Waals surface area contributed by atoms with Crippen LogP contribution in [0.15, 0.2) is 78.1 Å². The molecule has 10 nitrogen and oxygen atoms in total. The molecule has 2 aromatic carbocycles. The number of hydrogen-bond acceptors (Lipinski definition) is 7. The van der Waals surface area contributed by atoms with Gasteiger partial charge < -0.3 is 20.1 Å². The third-order valence-electron chi connectivity index (χ3n) is 6.65. The summed E-state index contributed by atoms with van der Waals surface area (Å²) in [4.78, 5) is 25.7. The van der Waals surface area contributed by atoms with E-state index < -0.39 is 6.04 Å². The molecule has 3 N–H and O–H groups in total. The normalized spacial score (nSPS) is 12.2. The lowest BCUT2D eigenvalue weighted by molar-refractivity contribution is 0.374. The number of ether oxygens (including phenoxy) is 1. The Morgan fingerprint density at radius 1 is 1.05 bits per heavy atom. The van der Waals surface area contributed by atoms with Crippen molar-refractivity contribution in [3.05, 3.63) is 95.1 Å². The van der Waals surface area contributed by atoms with Gasteiger partial charge in [-0.15, -0.1) is 0 Å². The van der Waals surface area contributed by atoms with Gasteiger partial charge in [0.1, 0.15) is 23.3 Å². The molecule has 38 heavy (non-hydrogen) atoms. The number of hydrogen-bond donors (Lipinski definition) is 3. The number of methoxy groups -OCH3 is 1. The highest BCUT2D eigenvalue weighted by Gasteiger charge is 2.22. The highest BCUT2D eigenvalue weighted by molar-refractivity contribution is 6.02. The van der Waals surface area contributed by atoms with Crippen LogP contribution in [0.4, 0.5) is 5.82 Å². The maximum Gasteiger partial charge on any atom is 0.282 e. The lowest BCUT2D eigenvalue weighted by Gasteiger charge is -2.20. The monoisotopic (exact) mass is 507 g/mol. The Balaban J connectivity index is 1.50. The van der Waals surface area contributed by atoms with Crippen molar-refractivity contribution in [2.75, 3.05) is 12.4 Å². The number of aromatic hydroxyl groups is 1. The van der Waals surface area contributed by atoms with E-state index in [9.17, 15) is 9.90 Å². The summed E-state index contributed by atoms with van der Waals surface area (Å²) in [6, 6.07) is 16.2. The lowest BCUT2D eigenvalue weighted by atomic mass is 10.0. The predicted octanol–water partition coefficient (Wildman–Crippen LogP) is 4.62. The maximum absolute atomic E-state index is 13.7. The number of nitrogens with one attached hydrogen (secondary N) is 2. The second-order valence-corrected chi connectivity index (χ2v) is 9.00. The summed E-state index contributed by atoms with van der Waals surface area (Å²) >= 11 is 0. The van der Waals surface area contributed by atoms with E-state index in [1.807, 2.05) is 56.3 Å². The number of aromatic nitrogens is 6. The lowest BCUT2D eigenvalue weighted by Crippen LogP contribution is -2.29. The Labute approximate surface area is 217 Å². The van der Waals surface area contributed by atoms with E-state index in [4.69, 9.17) is 9.84 Å². The number of H-pyrrole nitrogens is 1. The topological polar surface area (TPSA) is 122 Å². The molecule has 1 unspecified atom stereocenters. The van der Waals surface area contributed by atoms with Crippen molar-refractivity contribution in [3.8, 4) is 28.3 Å². The number of fused-ring (bicyclic) bond motifs is 2. The van der Waals surface area contributed by atoms with Crippen molar-refractivity contribution in [1.82, 2.24) is 29.1 Å². The molecule has 4 heterocycles. The van der Waals surface area contributed by atoms with E-state index in [-0.39, 0.29) is 11.3 Å². The van der Waals surface area contributed by atoms with Crippen molar-refractivity contribution in [3.63, 3.8) is 0 Å². The van der Waals surface area contributed by atoms with Crippen molar-refractivity contribution < 1.29 is 9.84 Å². The quantitative estimate of drug-likeness (QED) is 0.301. The standard InChI is InChI=1S/C28H25N7O3/c1-16-12-13-34-23(16)28(37)35(18-8-5-4-6-9-18)27(33-34)17(2)32-26-22-20(14-29-25(22)30-15-31-26)19-10-7-11-21(38-3)24(19)36/h4-15,17,36H,1-3H3,(H2,29,30,31,32). The molecule has 6 rings (SSSR count). The van der Waals surface area contributed by atoms with Gasteiger partial charge in [-0.2, -0.15) is 5.10 Å². The molecule has 0 radical (unpaired) electrons. The van der Waals surface area contributed by atoms with Gasteiger partial charge in [-0.05, 0) is 43.7 Å². The summed E-state index contributed by atoms with van der Waals surface area (Å²) in [5.41, 5.74) is 3.81. The smallest absolute Gasteiger partial charge is 0.282 e. The minimum atomic E-state index is -0.435. The van der Waals surface area contributed by atoms with Crippen LogP contribution in [0.5, 0.6) is 11.5 Å². The molecule has 6 aromatic rings. The van der Waals surface area contributed by atoms with Crippen molar-refractivity contribution >= 4 is 22.4 Å². The molecular weight excluding hydrogens is 482 g/mol. The van der Waals surface area contributed by atoms with Gasteiger partial charge in [-0.3, -0.25) is 9.36 Å². The van der Waals surface area contributed by atoms with E-state index in [0.29, 0.717) is 50.8 Å². The Bertz CT molecular complexity index is 1850. The van der Waals surface area contributed by atoms with Crippen LogP contribution in [0.3, 0.4) is 0 Å². The molecule has 0 saturated heterocycles. The fourth-order valence-corrected chi connectivity index (χ4v) is 4.80. The molecule has 0 aliphatic rings. The van der Waals surface area contributed by atoms with Gasteiger partial charge in [0.15, 0.2) is 17.3 Å². The molecule has 0 spiro atoms. The van der Waals surface area contributed by atoms with Crippen LogP contribution in [0, 0.1) is 6.92 Å². The number of phenols is 1. The summed E-state index contributed by atoms with van der Waals surface area (Å²) in [6.45, 7) is 3.82. The number of anilines is 1. The second kappa shape index (κ2) is 9.07. The zero-order chi connectivity index (χ0) is 26.4. The van der Waals surface area contributed by atoms with Crippen LogP contribution < -0.4 is 15.6 Å². The molecule has 4 aromatic heterocycles. The highest BCUT2D eigenvalue weighted by Crippen LogP contribution is 2.41. The van der Waals surface area contributed by atoms with Gasteiger partial charge in [-0.1, -0.05) is 30.3 Å².